The summed E-state index contributed by atoms with van der Waals surface area (Å²) >= 11 is 7.18. The maximum atomic E-state index is 12.1. The van der Waals surface area contributed by atoms with Crippen molar-refractivity contribution in [2.45, 2.75) is 32.6 Å². The first kappa shape index (κ1) is 15.0. The van der Waals surface area contributed by atoms with E-state index in [9.17, 15) is 4.79 Å². The summed E-state index contributed by atoms with van der Waals surface area (Å²) in [4.78, 5) is 16.4. The molecule has 0 aliphatic rings. The number of rotatable bonds is 5. The minimum absolute atomic E-state index is 0.0375. The van der Waals surface area contributed by atoms with Crippen LogP contribution < -0.4 is 5.32 Å². The van der Waals surface area contributed by atoms with Crippen LogP contribution in [0.15, 0.2) is 23.6 Å². The van der Waals surface area contributed by atoms with E-state index < -0.39 is 0 Å². The average Bonchev–Trinajstić information content (AvgIpc) is 2.88. The van der Waals surface area contributed by atoms with Crippen LogP contribution in [0.25, 0.3) is 0 Å². The molecule has 0 aliphatic heterocycles. The fourth-order valence-electron chi connectivity index (χ4n) is 2.01. The van der Waals surface area contributed by atoms with Gasteiger partial charge in [0.15, 0.2) is 0 Å². The van der Waals surface area contributed by atoms with Crippen molar-refractivity contribution in [3.8, 4) is 0 Å². The van der Waals surface area contributed by atoms with Gasteiger partial charge in [-0.1, -0.05) is 25.1 Å². The Hall–Kier alpha value is -1.39. The summed E-state index contributed by atoms with van der Waals surface area (Å²) in [6.07, 6.45) is 1.18. The average molecular weight is 309 g/mol. The molecule has 2 aromatic rings. The van der Waals surface area contributed by atoms with Crippen molar-refractivity contribution in [2.75, 3.05) is 5.32 Å². The molecular formula is C15H17ClN2OS. The fraction of sp³-hybridized carbons (Fsp3) is 0.333. The number of thiazole rings is 1. The molecule has 0 aliphatic carbocycles. The lowest BCUT2D eigenvalue weighted by Gasteiger charge is -2.12. The van der Waals surface area contributed by atoms with E-state index in [0.29, 0.717) is 12.3 Å². The molecule has 0 radical (unpaired) electrons. The van der Waals surface area contributed by atoms with Gasteiger partial charge in [-0.3, -0.25) is 4.79 Å². The van der Waals surface area contributed by atoms with Crippen molar-refractivity contribution < 1.29 is 4.79 Å². The molecule has 0 bridgehead atoms. The fourth-order valence-corrected chi connectivity index (χ4v) is 3.04. The van der Waals surface area contributed by atoms with Gasteiger partial charge in [-0.2, -0.15) is 0 Å². The summed E-state index contributed by atoms with van der Waals surface area (Å²) in [5.41, 5.74) is 3.98. The van der Waals surface area contributed by atoms with Crippen molar-refractivity contribution >= 4 is 34.5 Å². The summed E-state index contributed by atoms with van der Waals surface area (Å²) in [5, 5.41) is 5.69. The van der Waals surface area contributed by atoms with Gasteiger partial charge in [0, 0.05) is 11.1 Å². The van der Waals surface area contributed by atoms with Gasteiger partial charge in [0.25, 0.3) is 0 Å². The Morgan fingerprint density at radius 2 is 2.25 bits per heavy atom. The Balaban J connectivity index is 2.08. The molecule has 1 aromatic heterocycles. The Morgan fingerprint density at radius 1 is 1.45 bits per heavy atom. The highest BCUT2D eigenvalue weighted by Gasteiger charge is 2.11. The zero-order valence-electron chi connectivity index (χ0n) is 11.6. The summed E-state index contributed by atoms with van der Waals surface area (Å²) in [6, 6.07) is 6.05. The van der Waals surface area contributed by atoms with E-state index in [1.54, 1.807) is 0 Å². The number of halogens is 1. The molecule has 0 saturated heterocycles. The van der Waals surface area contributed by atoms with Crippen LogP contribution in [0.4, 0.5) is 5.69 Å². The largest absolute Gasteiger partial charge is 0.325 e. The number of carbonyl (C=O) groups excluding carboxylic acids is 1. The van der Waals surface area contributed by atoms with E-state index in [0.717, 1.165) is 33.9 Å². The molecule has 0 fully saturated rings. The molecule has 2 rings (SSSR count). The molecule has 1 aromatic carbocycles. The van der Waals surface area contributed by atoms with Gasteiger partial charge in [-0.25, -0.2) is 4.98 Å². The van der Waals surface area contributed by atoms with Gasteiger partial charge in [-0.15, -0.1) is 22.9 Å². The number of alkyl halides is 1. The number of aromatic nitrogens is 1. The SMILES string of the molecule is CCc1cccc(C)c1NC(=O)Cc1nc(CCl)cs1. The molecule has 1 heterocycles. The zero-order valence-corrected chi connectivity index (χ0v) is 13.1. The number of anilines is 1. The standard InChI is InChI=1S/C15H17ClN2OS/c1-3-11-6-4-5-10(2)15(11)18-13(19)7-14-17-12(8-16)9-20-14/h4-6,9H,3,7-8H2,1-2H3,(H,18,19). The summed E-state index contributed by atoms with van der Waals surface area (Å²) in [6.45, 7) is 4.09. The number of amides is 1. The second-order valence-electron chi connectivity index (χ2n) is 4.55. The summed E-state index contributed by atoms with van der Waals surface area (Å²) < 4.78 is 0. The lowest BCUT2D eigenvalue weighted by atomic mass is 10.1. The van der Waals surface area contributed by atoms with Crippen LogP contribution in [0.3, 0.4) is 0 Å². The van der Waals surface area contributed by atoms with Crippen molar-refractivity contribution in [1.82, 2.24) is 4.98 Å². The Labute approximate surface area is 128 Å². The summed E-state index contributed by atoms with van der Waals surface area (Å²) in [5.74, 6) is 0.347. The molecule has 20 heavy (non-hydrogen) atoms. The third kappa shape index (κ3) is 3.58. The number of para-hydroxylation sites is 1. The predicted molar refractivity (Wildman–Crippen MR) is 84.6 cm³/mol. The lowest BCUT2D eigenvalue weighted by Crippen LogP contribution is -2.16. The first-order valence-corrected chi connectivity index (χ1v) is 7.93. The lowest BCUT2D eigenvalue weighted by molar-refractivity contribution is -0.115. The van der Waals surface area contributed by atoms with Gasteiger partial charge < -0.3 is 5.32 Å². The van der Waals surface area contributed by atoms with Crippen molar-refractivity contribution in [1.29, 1.82) is 0 Å². The number of nitrogens with one attached hydrogen (secondary N) is 1. The van der Waals surface area contributed by atoms with Gasteiger partial charge in [-0.05, 0) is 24.5 Å². The van der Waals surface area contributed by atoms with Crippen molar-refractivity contribution in [2.24, 2.45) is 0 Å². The number of carbonyl (C=O) groups is 1. The number of aryl methyl sites for hydroxylation is 2. The molecule has 0 atom stereocenters. The first-order chi connectivity index (χ1) is 9.63. The molecule has 0 spiro atoms. The predicted octanol–water partition coefficient (Wildman–Crippen LogP) is 3.93. The smallest absolute Gasteiger partial charge is 0.231 e. The van der Waals surface area contributed by atoms with Gasteiger partial charge in [0.1, 0.15) is 5.01 Å². The van der Waals surface area contributed by atoms with Crippen LogP contribution in [0, 0.1) is 6.92 Å². The third-order valence-electron chi connectivity index (χ3n) is 3.05. The maximum Gasteiger partial charge on any atom is 0.231 e. The molecule has 5 heteroatoms. The summed E-state index contributed by atoms with van der Waals surface area (Å²) in [7, 11) is 0. The quantitative estimate of drug-likeness (QED) is 0.850. The van der Waals surface area contributed by atoms with E-state index in [2.05, 4.69) is 17.2 Å². The molecule has 1 amide bonds. The van der Waals surface area contributed by atoms with Crippen molar-refractivity contribution in [3.05, 3.63) is 45.4 Å². The Kier molecular flexibility index (Phi) is 5.15. The van der Waals surface area contributed by atoms with Gasteiger partial charge >= 0.3 is 0 Å². The Morgan fingerprint density at radius 3 is 2.90 bits per heavy atom. The monoisotopic (exact) mass is 308 g/mol. The zero-order chi connectivity index (χ0) is 14.5. The normalized spacial score (nSPS) is 10.6. The minimum Gasteiger partial charge on any atom is -0.325 e. The van der Waals surface area contributed by atoms with Crippen LogP contribution in [-0.2, 0) is 23.5 Å². The van der Waals surface area contributed by atoms with Gasteiger partial charge in [0.2, 0.25) is 5.91 Å². The van der Waals surface area contributed by atoms with E-state index in [4.69, 9.17) is 11.6 Å². The van der Waals surface area contributed by atoms with Crippen LogP contribution >= 0.6 is 22.9 Å². The Bertz CT molecular complexity index is 610. The van der Waals surface area contributed by atoms with E-state index in [1.807, 2.05) is 30.5 Å². The minimum atomic E-state index is -0.0375. The number of nitrogens with zero attached hydrogens (tertiary/aromatic N) is 1. The van der Waals surface area contributed by atoms with E-state index >= 15 is 0 Å². The van der Waals surface area contributed by atoms with Crippen LogP contribution in [0.5, 0.6) is 0 Å². The first-order valence-electron chi connectivity index (χ1n) is 6.51. The van der Waals surface area contributed by atoms with E-state index in [-0.39, 0.29) is 5.91 Å². The van der Waals surface area contributed by atoms with E-state index in [1.165, 1.54) is 11.3 Å². The highest BCUT2D eigenvalue weighted by atomic mass is 35.5. The molecule has 0 unspecified atom stereocenters. The maximum absolute atomic E-state index is 12.1. The molecule has 106 valence electrons. The number of benzene rings is 1. The van der Waals surface area contributed by atoms with Crippen LogP contribution in [0.2, 0.25) is 0 Å². The molecular weight excluding hydrogens is 292 g/mol. The topological polar surface area (TPSA) is 42.0 Å². The highest BCUT2D eigenvalue weighted by molar-refractivity contribution is 7.09. The molecule has 0 saturated carbocycles. The molecule has 3 nitrogen and oxygen atoms in total. The third-order valence-corrected chi connectivity index (χ3v) is 4.22. The van der Waals surface area contributed by atoms with Crippen molar-refractivity contribution in [3.63, 3.8) is 0 Å². The second kappa shape index (κ2) is 6.86. The van der Waals surface area contributed by atoms with Crippen LogP contribution in [0.1, 0.15) is 28.8 Å². The van der Waals surface area contributed by atoms with Crippen LogP contribution in [-0.4, -0.2) is 10.9 Å². The number of hydrogen-bond acceptors (Lipinski definition) is 3. The van der Waals surface area contributed by atoms with Gasteiger partial charge in [0.05, 0.1) is 18.0 Å². The highest BCUT2D eigenvalue weighted by Crippen LogP contribution is 2.21. The second-order valence-corrected chi connectivity index (χ2v) is 5.76. The molecule has 1 N–H and O–H groups in total. The number of hydrogen-bond donors (Lipinski definition) is 1.